The summed E-state index contributed by atoms with van der Waals surface area (Å²) in [6, 6.07) is 15.4. The van der Waals surface area contributed by atoms with Crippen LogP contribution >= 0.6 is 11.6 Å². The van der Waals surface area contributed by atoms with Crippen molar-refractivity contribution in [3.63, 3.8) is 0 Å². The molecule has 108 valence electrons. The van der Waals surface area contributed by atoms with Gasteiger partial charge >= 0.3 is 0 Å². The average molecular weight is 301 g/mol. The molecule has 0 aliphatic carbocycles. The van der Waals surface area contributed by atoms with Crippen molar-refractivity contribution in [1.29, 1.82) is 0 Å². The van der Waals surface area contributed by atoms with E-state index >= 15 is 0 Å². The fourth-order valence-electron chi connectivity index (χ4n) is 2.86. The van der Waals surface area contributed by atoms with Gasteiger partial charge in [-0.25, -0.2) is 0 Å². The minimum absolute atomic E-state index is 0.0169. The lowest BCUT2D eigenvalue weighted by Crippen LogP contribution is -2.30. The number of halogens is 1. The maximum atomic E-state index is 12.7. The largest absolute Gasteiger partial charge is 0.398 e. The Morgan fingerprint density at radius 1 is 1.19 bits per heavy atom. The van der Waals surface area contributed by atoms with Crippen molar-refractivity contribution in [3.8, 4) is 0 Å². The molecule has 1 unspecified atom stereocenters. The highest BCUT2D eigenvalue weighted by Crippen LogP contribution is 2.33. The molecule has 0 radical (unpaired) electrons. The molecular formula is C17H17ClN2O. The number of nitrogens with two attached hydrogens (primary N) is 1. The van der Waals surface area contributed by atoms with Gasteiger partial charge in [0.25, 0.3) is 5.91 Å². The smallest absolute Gasteiger partial charge is 0.254 e. The van der Waals surface area contributed by atoms with E-state index in [1.165, 1.54) is 5.56 Å². The molecule has 1 heterocycles. The Balaban J connectivity index is 1.88. The van der Waals surface area contributed by atoms with Crippen molar-refractivity contribution in [1.82, 2.24) is 4.90 Å². The van der Waals surface area contributed by atoms with Gasteiger partial charge in [0.05, 0.1) is 16.8 Å². The highest BCUT2D eigenvalue weighted by Gasteiger charge is 2.30. The van der Waals surface area contributed by atoms with Crippen LogP contribution in [0.3, 0.4) is 0 Å². The topological polar surface area (TPSA) is 46.3 Å². The maximum absolute atomic E-state index is 12.7. The first kappa shape index (κ1) is 14.0. The molecule has 2 aromatic carbocycles. The van der Waals surface area contributed by atoms with Gasteiger partial charge in [0.1, 0.15) is 0 Å². The summed E-state index contributed by atoms with van der Waals surface area (Å²) in [7, 11) is 0. The van der Waals surface area contributed by atoms with Gasteiger partial charge in [-0.3, -0.25) is 4.79 Å². The third kappa shape index (κ3) is 2.74. The van der Waals surface area contributed by atoms with E-state index in [-0.39, 0.29) is 11.9 Å². The van der Waals surface area contributed by atoms with Crippen LogP contribution in [0.1, 0.15) is 34.8 Å². The Morgan fingerprint density at radius 2 is 1.95 bits per heavy atom. The summed E-state index contributed by atoms with van der Waals surface area (Å²) < 4.78 is 0. The number of benzene rings is 2. The number of anilines is 1. The van der Waals surface area contributed by atoms with Gasteiger partial charge in [0.2, 0.25) is 0 Å². The highest BCUT2D eigenvalue weighted by molar-refractivity contribution is 6.33. The lowest BCUT2D eigenvalue weighted by molar-refractivity contribution is 0.0735. The van der Waals surface area contributed by atoms with Gasteiger partial charge in [0, 0.05) is 12.1 Å². The number of amides is 1. The summed E-state index contributed by atoms with van der Waals surface area (Å²) in [5, 5.41) is 0.427. The molecule has 4 heteroatoms. The van der Waals surface area contributed by atoms with Crippen LogP contribution in [0, 0.1) is 0 Å². The molecule has 1 amide bonds. The number of hydrogen-bond donors (Lipinski definition) is 1. The van der Waals surface area contributed by atoms with Crippen molar-refractivity contribution in [2.75, 3.05) is 12.3 Å². The van der Waals surface area contributed by atoms with Crippen molar-refractivity contribution in [3.05, 3.63) is 64.7 Å². The SMILES string of the molecule is Nc1ccc(C(=O)N2CCCC2c2ccccc2)cc1Cl. The molecule has 3 rings (SSSR count). The zero-order valence-corrected chi connectivity index (χ0v) is 12.4. The first-order chi connectivity index (χ1) is 10.2. The number of likely N-dealkylation sites (tertiary alicyclic amines) is 1. The molecule has 21 heavy (non-hydrogen) atoms. The van der Waals surface area contributed by atoms with E-state index in [0.717, 1.165) is 19.4 Å². The standard InChI is InChI=1S/C17H17ClN2O/c18-14-11-13(8-9-15(14)19)17(21)20-10-4-7-16(20)12-5-2-1-3-6-12/h1-3,5-6,8-9,11,16H,4,7,10,19H2. The van der Waals surface area contributed by atoms with Gasteiger partial charge in [-0.15, -0.1) is 0 Å². The third-order valence-electron chi connectivity index (χ3n) is 3.95. The van der Waals surface area contributed by atoms with Gasteiger partial charge in [-0.1, -0.05) is 41.9 Å². The Morgan fingerprint density at radius 3 is 2.67 bits per heavy atom. The fraction of sp³-hybridized carbons (Fsp3) is 0.235. The first-order valence-corrected chi connectivity index (χ1v) is 7.45. The van der Waals surface area contributed by atoms with Crippen LogP contribution in [0.25, 0.3) is 0 Å². The zero-order chi connectivity index (χ0) is 14.8. The monoisotopic (exact) mass is 300 g/mol. The average Bonchev–Trinajstić information content (AvgIpc) is 2.99. The van der Waals surface area contributed by atoms with Crippen molar-refractivity contribution < 1.29 is 4.79 Å². The first-order valence-electron chi connectivity index (χ1n) is 7.08. The van der Waals surface area contributed by atoms with E-state index in [1.54, 1.807) is 18.2 Å². The van der Waals surface area contributed by atoms with E-state index in [0.29, 0.717) is 16.3 Å². The predicted octanol–water partition coefficient (Wildman–Crippen LogP) is 3.90. The molecule has 1 atom stereocenters. The van der Waals surface area contributed by atoms with Crippen LogP contribution in [-0.2, 0) is 0 Å². The van der Waals surface area contributed by atoms with E-state index in [2.05, 4.69) is 12.1 Å². The Labute approximate surface area is 129 Å². The molecule has 1 fully saturated rings. The van der Waals surface area contributed by atoms with Crippen LogP contribution < -0.4 is 5.73 Å². The number of carbonyl (C=O) groups is 1. The summed E-state index contributed by atoms with van der Waals surface area (Å²) in [5.41, 5.74) is 7.98. The molecule has 2 aromatic rings. The second-order valence-electron chi connectivity index (χ2n) is 5.30. The summed E-state index contributed by atoms with van der Waals surface area (Å²) >= 11 is 6.02. The number of hydrogen-bond acceptors (Lipinski definition) is 2. The van der Waals surface area contributed by atoms with Gasteiger partial charge in [0.15, 0.2) is 0 Å². The normalized spacial score (nSPS) is 18.0. The molecule has 1 aliphatic heterocycles. The van der Waals surface area contributed by atoms with Crippen LogP contribution in [0.5, 0.6) is 0 Å². The Bertz CT molecular complexity index is 657. The lowest BCUT2D eigenvalue weighted by atomic mass is 10.0. The minimum Gasteiger partial charge on any atom is -0.398 e. The molecule has 2 N–H and O–H groups in total. The van der Waals surface area contributed by atoms with Crippen LogP contribution in [0.15, 0.2) is 48.5 Å². The molecule has 0 bridgehead atoms. The van der Waals surface area contributed by atoms with E-state index < -0.39 is 0 Å². The number of nitrogen functional groups attached to an aromatic ring is 1. The summed E-state index contributed by atoms with van der Waals surface area (Å²) in [6.07, 6.45) is 2.02. The third-order valence-corrected chi connectivity index (χ3v) is 4.27. The number of rotatable bonds is 2. The maximum Gasteiger partial charge on any atom is 0.254 e. The molecular weight excluding hydrogens is 284 g/mol. The molecule has 1 aliphatic rings. The number of carbonyl (C=O) groups excluding carboxylic acids is 1. The molecule has 0 saturated carbocycles. The van der Waals surface area contributed by atoms with Crippen LogP contribution in [0.2, 0.25) is 5.02 Å². The molecule has 0 aromatic heterocycles. The summed E-state index contributed by atoms with van der Waals surface area (Å²) in [6.45, 7) is 0.778. The van der Waals surface area contributed by atoms with Gasteiger partial charge < -0.3 is 10.6 Å². The summed E-state index contributed by atoms with van der Waals surface area (Å²) in [4.78, 5) is 14.6. The van der Waals surface area contributed by atoms with Gasteiger partial charge in [-0.2, -0.15) is 0 Å². The van der Waals surface area contributed by atoms with Crippen LogP contribution in [0.4, 0.5) is 5.69 Å². The molecule has 0 spiro atoms. The zero-order valence-electron chi connectivity index (χ0n) is 11.6. The van der Waals surface area contributed by atoms with E-state index in [4.69, 9.17) is 17.3 Å². The fourth-order valence-corrected chi connectivity index (χ4v) is 3.04. The van der Waals surface area contributed by atoms with Crippen molar-refractivity contribution in [2.45, 2.75) is 18.9 Å². The highest BCUT2D eigenvalue weighted by atomic mass is 35.5. The van der Waals surface area contributed by atoms with Crippen LogP contribution in [-0.4, -0.2) is 17.4 Å². The second kappa shape index (κ2) is 5.78. The Hall–Kier alpha value is -2.00. The quantitative estimate of drug-likeness (QED) is 0.855. The minimum atomic E-state index is 0.0169. The van der Waals surface area contributed by atoms with Gasteiger partial charge in [-0.05, 0) is 36.6 Å². The summed E-state index contributed by atoms with van der Waals surface area (Å²) in [5.74, 6) is 0.0169. The van der Waals surface area contributed by atoms with E-state index in [1.807, 2.05) is 23.1 Å². The second-order valence-corrected chi connectivity index (χ2v) is 5.71. The predicted molar refractivity (Wildman–Crippen MR) is 85.3 cm³/mol. The van der Waals surface area contributed by atoms with E-state index in [9.17, 15) is 4.79 Å². The Kier molecular flexibility index (Phi) is 3.84. The van der Waals surface area contributed by atoms with Crippen molar-refractivity contribution >= 4 is 23.2 Å². The lowest BCUT2D eigenvalue weighted by Gasteiger charge is -2.25. The van der Waals surface area contributed by atoms with Crippen molar-refractivity contribution in [2.24, 2.45) is 0 Å². The number of nitrogens with zero attached hydrogens (tertiary/aromatic N) is 1. The molecule has 3 nitrogen and oxygen atoms in total. The molecule has 1 saturated heterocycles.